The number of anilines is 2. The summed E-state index contributed by atoms with van der Waals surface area (Å²) in [5, 5.41) is 5.85. The fourth-order valence-electron chi connectivity index (χ4n) is 3.48. The highest BCUT2D eigenvalue weighted by Crippen LogP contribution is 2.26. The van der Waals surface area contributed by atoms with Gasteiger partial charge in [0.05, 0.1) is 12.8 Å². The third-order valence-corrected chi connectivity index (χ3v) is 5.39. The van der Waals surface area contributed by atoms with E-state index in [-0.39, 0.29) is 11.8 Å². The molecule has 0 aliphatic rings. The van der Waals surface area contributed by atoms with Gasteiger partial charge in [-0.25, -0.2) is 0 Å². The Labute approximate surface area is 194 Å². The van der Waals surface area contributed by atoms with Crippen LogP contribution in [-0.2, 0) is 11.2 Å². The van der Waals surface area contributed by atoms with E-state index in [1.807, 2.05) is 50.2 Å². The first kappa shape index (κ1) is 23.9. The predicted molar refractivity (Wildman–Crippen MR) is 131 cm³/mol. The summed E-state index contributed by atoms with van der Waals surface area (Å²) < 4.78 is 11.1. The summed E-state index contributed by atoms with van der Waals surface area (Å²) in [4.78, 5) is 25.4. The lowest BCUT2D eigenvalue weighted by molar-refractivity contribution is -0.122. The van der Waals surface area contributed by atoms with Crippen LogP contribution in [0.2, 0.25) is 0 Å². The number of ether oxygens (including phenoxy) is 2. The summed E-state index contributed by atoms with van der Waals surface area (Å²) in [6, 6.07) is 18.2. The maximum Gasteiger partial charge on any atom is 0.265 e. The highest BCUT2D eigenvalue weighted by molar-refractivity contribution is 6.05. The zero-order valence-electron chi connectivity index (χ0n) is 19.7. The molecule has 3 rings (SSSR count). The van der Waals surface area contributed by atoms with E-state index < -0.39 is 6.10 Å². The van der Waals surface area contributed by atoms with E-state index in [9.17, 15) is 9.59 Å². The standard InChI is InChI=1S/C27H30N2O4/c1-6-20-9-7-8-18(3)25(20)29-26(30)19(4)33-22-13-11-21(12-14-22)27(31)28-23-16-17(2)10-15-24(23)32-5/h7-16,19H,6H2,1-5H3,(H,28,31)(H,29,30). The van der Waals surface area contributed by atoms with Gasteiger partial charge in [-0.2, -0.15) is 0 Å². The molecule has 6 nitrogen and oxygen atoms in total. The maximum absolute atomic E-state index is 12.7. The van der Waals surface area contributed by atoms with Gasteiger partial charge in [-0.1, -0.05) is 31.2 Å². The van der Waals surface area contributed by atoms with Crippen molar-refractivity contribution in [3.63, 3.8) is 0 Å². The lowest BCUT2D eigenvalue weighted by Crippen LogP contribution is -2.30. The van der Waals surface area contributed by atoms with Gasteiger partial charge in [-0.15, -0.1) is 0 Å². The Morgan fingerprint density at radius 3 is 2.36 bits per heavy atom. The van der Waals surface area contributed by atoms with Gasteiger partial charge in [0.25, 0.3) is 11.8 Å². The number of amides is 2. The molecule has 0 fully saturated rings. The molecule has 0 saturated carbocycles. The molecule has 0 bridgehead atoms. The van der Waals surface area contributed by atoms with Gasteiger partial charge >= 0.3 is 0 Å². The number of benzene rings is 3. The predicted octanol–water partition coefficient (Wildman–Crippen LogP) is 5.53. The number of rotatable bonds is 8. The molecule has 0 heterocycles. The molecule has 2 N–H and O–H groups in total. The average Bonchev–Trinajstić information content (AvgIpc) is 2.80. The summed E-state index contributed by atoms with van der Waals surface area (Å²) in [6.07, 6.45) is 0.121. The van der Waals surface area contributed by atoms with Crippen molar-refractivity contribution in [2.75, 3.05) is 17.7 Å². The molecule has 33 heavy (non-hydrogen) atoms. The summed E-state index contributed by atoms with van der Waals surface area (Å²) in [6.45, 7) is 7.66. The Morgan fingerprint density at radius 2 is 1.70 bits per heavy atom. The van der Waals surface area contributed by atoms with Gasteiger partial charge in [0.15, 0.2) is 6.10 Å². The SMILES string of the molecule is CCc1cccc(C)c1NC(=O)C(C)Oc1ccc(C(=O)Nc2cc(C)ccc2OC)cc1. The Balaban J connectivity index is 1.64. The number of carbonyl (C=O) groups excluding carboxylic acids is 2. The molecular weight excluding hydrogens is 416 g/mol. The van der Waals surface area contributed by atoms with Gasteiger partial charge in [0, 0.05) is 11.3 Å². The molecular formula is C27H30N2O4. The summed E-state index contributed by atoms with van der Waals surface area (Å²) in [7, 11) is 1.56. The van der Waals surface area contributed by atoms with Crippen molar-refractivity contribution in [1.82, 2.24) is 0 Å². The molecule has 0 radical (unpaired) electrons. The Bertz CT molecular complexity index is 1140. The normalized spacial score (nSPS) is 11.4. The Kier molecular flexibility index (Phi) is 7.72. The van der Waals surface area contributed by atoms with Gasteiger partial charge in [-0.05, 0) is 80.3 Å². The van der Waals surface area contributed by atoms with Crippen LogP contribution in [0.25, 0.3) is 0 Å². The maximum atomic E-state index is 12.7. The molecule has 3 aromatic carbocycles. The third-order valence-electron chi connectivity index (χ3n) is 5.39. The minimum absolute atomic E-state index is 0.229. The summed E-state index contributed by atoms with van der Waals surface area (Å²) >= 11 is 0. The van der Waals surface area contributed by atoms with Gasteiger partial charge < -0.3 is 20.1 Å². The van der Waals surface area contributed by atoms with Crippen molar-refractivity contribution in [3.8, 4) is 11.5 Å². The fourth-order valence-corrected chi connectivity index (χ4v) is 3.48. The monoisotopic (exact) mass is 446 g/mol. The van der Waals surface area contributed by atoms with Crippen LogP contribution in [0, 0.1) is 13.8 Å². The summed E-state index contributed by atoms with van der Waals surface area (Å²) in [5.74, 6) is 0.603. The molecule has 0 aliphatic carbocycles. The second-order valence-corrected chi connectivity index (χ2v) is 7.89. The van der Waals surface area contributed by atoms with Crippen LogP contribution in [0.1, 0.15) is 40.9 Å². The quantitative estimate of drug-likeness (QED) is 0.477. The molecule has 172 valence electrons. The van der Waals surface area contributed by atoms with E-state index in [1.165, 1.54) is 0 Å². The molecule has 2 amide bonds. The molecule has 0 aromatic heterocycles. The van der Waals surface area contributed by atoms with Crippen molar-refractivity contribution in [2.45, 2.75) is 40.2 Å². The first-order chi connectivity index (χ1) is 15.8. The van der Waals surface area contributed by atoms with Crippen LogP contribution in [-0.4, -0.2) is 25.0 Å². The van der Waals surface area contributed by atoms with Crippen LogP contribution in [0.15, 0.2) is 60.7 Å². The van der Waals surface area contributed by atoms with Gasteiger partial charge in [0.2, 0.25) is 0 Å². The lowest BCUT2D eigenvalue weighted by atomic mass is 10.1. The van der Waals surface area contributed by atoms with Crippen LogP contribution in [0.3, 0.4) is 0 Å². The van der Waals surface area contributed by atoms with Crippen molar-refractivity contribution >= 4 is 23.2 Å². The smallest absolute Gasteiger partial charge is 0.265 e. The molecule has 0 saturated heterocycles. The number of hydrogen-bond acceptors (Lipinski definition) is 4. The van der Waals surface area contributed by atoms with E-state index >= 15 is 0 Å². The molecule has 6 heteroatoms. The Hall–Kier alpha value is -3.80. The van der Waals surface area contributed by atoms with E-state index in [4.69, 9.17) is 9.47 Å². The first-order valence-electron chi connectivity index (χ1n) is 10.9. The summed E-state index contributed by atoms with van der Waals surface area (Å²) in [5.41, 5.74) is 5.01. The second kappa shape index (κ2) is 10.7. The zero-order chi connectivity index (χ0) is 24.0. The second-order valence-electron chi connectivity index (χ2n) is 7.89. The minimum atomic E-state index is -0.703. The lowest BCUT2D eigenvalue weighted by Gasteiger charge is -2.18. The van der Waals surface area contributed by atoms with E-state index in [0.717, 1.165) is 28.8 Å². The number of nitrogens with one attached hydrogen (secondary N) is 2. The highest BCUT2D eigenvalue weighted by atomic mass is 16.5. The third kappa shape index (κ3) is 5.92. The molecule has 3 aromatic rings. The number of methoxy groups -OCH3 is 1. The van der Waals surface area contributed by atoms with E-state index in [1.54, 1.807) is 38.3 Å². The number of carbonyl (C=O) groups is 2. The molecule has 1 atom stereocenters. The molecule has 0 spiro atoms. The van der Waals surface area contributed by atoms with Crippen molar-refractivity contribution in [2.24, 2.45) is 0 Å². The number of aryl methyl sites for hydroxylation is 3. The van der Waals surface area contributed by atoms with Crippen molar-refractivity contribution < 1.29 is 19.1 Å². The van der Waals surface area contributed by atoms with Gasteiger partial charge in [-0.3, -0.25) is 9.59 Å². The highest BCUT2D eigenvalue weighted by Gasteiger charge is 2.18. The van der Waals surface area contributed by atoms with Crippen LogP contribution in [0.4, 0.5) is 11.4 Å². The number of para-hydroxylation sites is 1. The number of hydrogen-bond donors (Lipinski definition) is 2. The van der Waals surface area contributed by atoms with Gasteiger partial charge in [0.1, 0.15) is 11.5 Å². The zero-order valence-corrected chi connectivity index (χ0v) is 19.7. The van der Waals surface area contributed by atoms with Crippen LogP contribution >= 0.6 is 0 Å². The van der Waals surface area contributed by atoms with Crippen LogP contribution in [0.5, 0.6) is 11.5 Å². The van der Waals surface area contributed by atoms with Crippen molar-refractivity contribution in [1.29, 1.82) is 0 Å². The van der Waals surface area contributed by atoms with E-state index in [2.05, 4.69) is 17.6 Å². The first-order valence-corrected chi connectivity index (χ1v) is 10.9. The molecule has 1 unspecified atom stereocenters. The van der Waals surface area contributed by atoms with E-state index in [0.29, 0.717) is 22.7 Å². The topological polar surface area (TPSA) is 76.7 Å². The van der Waals surface area contributed by atoms with Crippen LogP contribution < -0.4 is 20.1 Å². The molecule has 0 aliphatic heterocycles. The Morgan fingerprint density at radius 1 is 0.970 bits per heavy atom. The average molecular weight is 447 g/mol. The largest absolute Gasteiger partial charge is 0.495 e. The van der Waals surface area contributed by atoms with Crippen molar-refractivity contribution in [3.05, 3.63) is 82.9 Å². The minimum Gasteiger partial charge on any atom is -0.495 e. The fraction of sp³-hybridized carbons (Fsp3) is 0.259.